The van der Waals surface area contributed by atoms with Gasteiger partial charge in [0.25, 0.3) is 0 Å². The first-order valence-electron chi connectivity index (χ1n) is 9.02. The normalized spacial score (nSPS) is 24.0. The molecule has 0 aromatic heterocycles. The summed E-state index contributed by atoms with van der Waals surface area (Å²) in [5.74, 6) is 1.93. The number of nitrogens with one attached hydrogen (secondary N) is 2. The Morgan fingerprint density at radius 2 is 2.18 bits per heavy atom. The van der Waals surface area contributed by atoms with E-state index in [0.717, 1.165) is 5.69 Å². The first-order valence-corrected chi connectivity index (χ1v) is 10.8. The van der Waals surface area contributed by atoms with Gasteiger partial charge in [0.15, 0.2) is 15.8 Å². The van der Waals surface area contributed by atoms with Crippen LogP contribution in [0.15, 0.2) is 29.3 Å². The maximum atomic E-state index is 12.4. The molecule has 2 fully saturated rings. The minimum atomic E-state index is -2.89. The number of nitrogens with zero attached hydrogens (tertiary/aromatic N) is 2. The topological polar surface area (TPSA) is 100 Å². The van der Waals surface area contributed by atoms with E-state index < -0.39 is 9.84 Å². The van der Waals surface area contributed by atoms with E-state index in [1.54, 1.807) is 19.1 Å². The highest BCUT2D eigenvalue weighted by Gasteiger charge is 2.32. The van der Waals surface area contributed by atoms with Crippen molar-refractivity contribution >= 4 is 51.4 Å². The van der Waals surface area contributed by atoms with Gasteiger partial charge in [-0.15, -0.1) is 24.0 Å². The molecule has 1 amide bonds. The molecule has 2 aliphatic rings. The number of carbonyl (C=O) groups is 1. The lowest BCUT2D eigenvalue weighted by Crippen LogP contribution is -2.46. The lowest BCUT2D eigenvalue weighted by atomic mass is 10.1. The number of ether oxygens (including phenoxy) is 1. The van der Waals surface area contributed by atoms with E-state index in [1.165, 1.54) is 0 Å². The van der Waals surface area contributed by atoms with Crippen LogP contribution >= 0.6 is 24.0 Å². The summed E-state index contributed by atoms with van der Waals surface area (Å²) in [5.41, 5.74) is 0.808. The first-order chi connectivity index (χ1) is 12.9. The van der Waals surface area contributed by atoms with Gasteiger partial charge in [-0.2, -0.15) is 0 Å². The molecule has 2 saturated heterocycles. The standard InChI is InChI=1S/C18H26N4O4S.HI/c1-19-18(20-10-13-6-7-27(24,25)12-13)21-14-8-17(23)22(11-14)15-4-3-5-16(9-15)26-2;/h3-5,9,13-14H,6-8,10-12H2,1-2H3,(H2,19,20,21);1H. The van der Waals surface area contributed by atoms with E-state index in [0.29, 0.717) is 37.6 Å². The molecular weight excluding hydrogens is 495 g/mol. The van der Waals surface area contributed by atoms with E-state index in [9.17, 15) is 13.2 Å². The highest BCUT2D eigenvalue weighted by molar-refractivity contribution is 14.0. The van der Waals surface area contributed by atoms with E-state index in [4.69, 9.17) is 4.74 Å². The number of amides is 1. The zero-order valence-corrected chi connectivity index (χ0v) is 19.2. The van der Waals surface area contributed by atoms with Crippen LogP contribution in [0.1, 0.15) is 12.8 Å². The highest BCUT2D eigenvalue weighted by Crippen LogP contribution is 2.25. The average molecular weight is 522 g/mol. The summed E-state index contributed by atoms with van der Waals surface area (Å²) in [5, 5.41) is 6.45. The summed E-state index contributed by atoms with van der Waals surface area (Å²) in [6, 6.07) is 7.36. The molecule has 10 heteroatoms. The zero-order valence-electron chi connectivity index (χ0n) is 16.1. The number of aliphatic imine (C=N–C) groups is 1. The van der Waals surface area contributed by atoms with Crippen LogP contribution in [0.5, 0.6) is 5.75 Å². The van der Waals surface area contributed by atoms with Gasteiger partial charge in [0.05, 0.1) is 24.7 Å². The Morgan fingerprint density at radius 3 is 2.82 bits per heavy atom. The summed E-state index contributed by atoms with van der Waals surface area (Å²) < 4.78 is 28.4. The minimum Gasteiger partial charge on any atom is -0.497 e. The molecule has 3 rings (SSSR count). The van der Waals surface area contributed by atoms with Crippen molar-refractivity contribution < 1.29 is 17.9 Å². The molecule has 156 valence electrons. The number of carbonyl (C=O) groups excluding carboxylic acids is 1. The van der Waals surface area contributed by atoms with Gasteiger partial charge in [-0.25, -0.2) is 8.42 Å². The van der Waals surface area contributed by atoms with E-state index in [2.05, 4.69) is 15.6 Å². The summed E-state index contributed by atoms with van der Waals surface area (Å²) in [6.07, 6.45) is 1.05. The second-order valence-electron chi connectivity index (χ2n) is 6.97. The van der Waals surface area contributed by atoms with Crippen LogP contribution in [0.2, 0.25) is 0 Å². The number of benzene rings is 1. The molecule has 2 heterocycles. The minimum absolute atomic E-state index is 0. The lowest BCUT2D eigenvalue weighted by Gasteiger charge is -2.20. The number of guanidine groups is 1. The first kappa shape index (κ1) is 22.7. The third-order valence-corrected chi connectivity index (χ3v) is 6.78. The molecule has 0 aliphatic carbocycles. The van der Waals surface area contributed by atoms with Gasteiger partial charge >= 0.3 is 0 Å². The second-order valence-corrected chi connectivity index (χ2v) is 9.20. The number of halogens is 1. The van der Waals surface area contributed by atoms with Gasteiger partial charge in [0.2, 0.25) is 5.91 Å². The predicted octanol–water partition coefficient (Wildman–Crippen LogP) is 1.02. The second kappa shape index (κ2) is 9.77. The number of anilines is 1. The molecule has 8 nitrogen and oxygen atoms in total. The van der Waals surface area contributed by atoms with Crippen LogP contribution in [0.4, 0.5) is 5.69 Å². The van der Waals surface area contributed by atoms with Crippen LogP contribution in [0.25, 0.3) is 0 Å². The monoisotopic (exact) mass is 522 g/mol. The molecule has 28 heavy (non-hydrogen) atoms. The fourth-order valence-corrected chi connectivity index (χ4v) is 5.36. The molecule has 0 radical (unpaired) electrons. The van der Waals surface area contributed by atoms with Crippen molar-refractivity contribution in [2.45, 2.75) is 18.9 Å². The molecule has 2 aliphatic heterocycles. The van der Waals surface area contributed by atoms with Gasteiger partial charge in [-0.3, -0.25) is 9.79 Å². The Labute approximate surface area is 183 Å². The van der Waals surface area contributed by atoms with Crippen LogP contribution in [0, 0.1) is 5.92 Å². The molecule has 0 bridgehead atoms. The Balaban J connectivity index is 0.00000280. The smallest absolute Gasteiger partial charge is 0.229 e. The lowest BCUT2D eigenvalue weighted by molar-refractivity contribution is -0.117. The van der Waals surface area contributed by atoms with Crippen LogP contribution in [-0.4, -0.2) is 65.1 Å². The fourth-order valence-electron chi connectivity index (χ4n) is 3.49. The molecule has 1 aromatic rings. The molecule has 2 atom stereocenters. The summed E-state index contributed by atoms with van der Waals surface area (Å²) in [6.45, 7) is 1.09. The van der Waals surface area contributed by atoms with Gasteiger partial charge in [-0.1, -0.05) is 6.07 Å². The molecule has 2 N–H and O–H groups in total. The predicted molar refractivity (Wildman–Crippen MR) is 120 cm³/mol. The van der Waals surface area contributed by atoms with Crippen LogP contribution in [-0.2, 0) is 14.6 Å². The number of methoxy groups -OCH3 is 1. The summed E-state index contributed by atoms with van der Waals surface area (Å²) >= 11 is 0. The Hall–Kier alpha value is -1.56. The molecular formula is C18H27IN4O4S. The molecule has 0 saturated carbocycles. The summed E-state index contributed by atoms with van der Waals surface area (Å²) in [7, 11) is 0.376. The molecule has 0 spiro atoms. The van der Waals surface area contributed by atoms with Crippen molar-refractivity contribution in [1.82, 2.24) is 10.6 Å². The summed E-state index contributed by atoms with van der Waals surface area (Å²) in [4.78, 5) is 18.3. The SMILES string of the molecule is CN=C(NCC1CCS(=O)(=O)C1)NC1CC(=O)N(c2cccc(OC)c2)C1.I. The van der Waals surface area contributed by atoms with Crippen LogP contribution in [0.3, 0.4) is 0 Å². The Bertz CT molecular complexity index is 831. The van der Waals surface area contributed by atoms with Crippen molar-refractivity contribution in [2.24, 2.45) is 10.9 Å². The van der Waals surface area contributed by atoms with E-state index in [-0.39, 0.29) is 53.3 Å². The van der Waals surface area contributed by atoms with Gasteiger partial charge in [-0.05, 0) is 24.5 Å². The van der Waals surface area contributed by atoms with Crippen LogP contribution < -0.4 is 20.3 Å². The number of hydrogen-bond acceptors (Lipinski definition) is 5. The van der Waals surface area contributed by atoms with E-state index in [1.807, 2.05) is 24.3 Å². The maximum absolute atomic E-state index is 12.4. The number of sulfone groups is 1. The largest absolute Gasteiger partial charge is 0.497 e. The van der Waals surface area contributed by atoms with Gasteiger partial charge in [0.1, 0.15) is 5.75 Å². The van der Waals surface area contributed by atoms with Gasteiger partial charge < -0.3 is 20.3 Å². The van der Waals surface area contributed by atoms with Crippen molar-refractivity contribution in [3.05, 3.63) is 24.3 Å². The fraction of sp³-hybridized carbons (Fsp3) is 0.556. The van der Waals surface area contributed by atoms with Crippen molar-refractivity contribution in [1.29, 1.82) is 0 Å². The number of rotatable bonds is 5. The van der Waals surface area contributed by atoms with E-state index >= 15 is 0 Å². The van der Waals surface area contributed by atoms with Crippen molar-refractivity contribution in [2.75, 3.05) is 43.7 Å². The highest BCUT2D eigenvalue weighted by atomic mass is 127. The Morgan fingerprint density at radius 1 is 1.39 bits per heavy atom. The van der Waals surface area contributed by atoms with Crippen molar-refractivity contribution in [3.63, 3.8) is 0 Å². The third kappa shape index (κ3) is 5.72. The zero-order chi connectivity index (χ0) is 19.4. The quantitative estimate of drug-likeness (QED) is 0.341. The maximum Gasteiger partial charge on any atom is 0.229 e. The number of hydrogen-bond donors (Lipinski definition) is 2. The average Bonchev–Trinajstić information content (AvgIpc) is 3.20. The third-order valence-electron chi connectivity index (χ3n) is 4.94. The van der Waals surface area contributed by atoms with Gasteiger partial charge in [0, 0.05) is 38.3 Å². The molecule has 1 aromatic carbocycles. The molecule has 2 unspecified atom stereocenters. The van der Waals surface area contributed by atoms with Crippen molar-refractivity contribution in [3.8, 4) is 5.75 Å². The Kier molecular flexibility index (Phi) is 7.93.